The van der Waals surface area contributed by atoms with Crippen molar-refractivity contribution in [3.8, 4) is 44.5 Å². The molecule has 0 saturated carbocycles. The van der Waals surface area contributed by atoms with Gasteiger partial charge in [-0.25, -0.2) is 8.78 Å². The highest BCUT2D eigenvalue weighted by Gasteiger charge is 2.45. The van der Waals surface area contributed by atoms with Crippen LogP contribution in [0.25, 0.3) is 55.5 Å². The minimum Gasteiger partial charge on any atom is -0.203 e. The Morgan fingerprint density at radius 1 is 0.556 bits per heavy atom. The lowest BCUT2D eigenvalue weighted by atomic mass is 9.65. The fourth-order valence-corrected chi connectivity index (χ4v) is 9.76. The summed E-state index contributed by atoms with van der Waals surface area (Å²) in [4.78, 5) is 0. The molecule has 0 fully saturated rings. The van der Waals surface area contributed by atoms with Gasteiger partial charge in [-0.2, -0.15) is 8.75 Å². The first-order valence-electron chi connectivity index (χ1n) is 20.3. The van der Waals surface area contributed by atoms with Gasteiger partial charge >= 0.3 is 0 Å². The predicted octanol–water partition coefficient (Wildman–Crippen LogP) is 15.1. The average molecular weight is 741 g/mol. The van der Waals surface area contributed by atoms with Crippen molar-refractivity contribution < 1.29 is 8.78 Å². The monoisotopic (exact) mass is 740 g/mol. The van der Waals surface area contributed by atoms with Crippen LogP contribution >= 0.6 is 11.7 Å². The van der Waals surface area contributed by atoms with Gasteiger partial charge in [0.25, 0.3) is 0 Å². The van der Waals surface area contributed by atoms with E-state index in [0.29, 0.717) is 34.0 Å². The van der Waals surface area contributed by atoms with Crippen LogP contribution in [0.2, 0.25) is 0 Å². The number of hydrogen-bond donors (Lipinski definition) is 0. The summed E-state index contributed by atoms with van der Waals surface area (Å²) < 4.78 is 41.0. The zero-order valence-electron chi connectivity index (χ0n) is 32.9. The topological polar surface area (TPSA) is 25.8 Å². The van der Waals surface area contributed by atoms with E-state index in [2.05, 4.69) is 79.8 Å². The molecule has 7 rings (SSSR count). The average Bonchev–Trinajstić information content (AvgIpc) is 3.76. The van der Waals surface area contributed by atoms with Crippen LogP contribution in [0, 0.1) is 37.3 Å². The Labute approximate surface area is 325 Å². The van der Waals surface area contributed by atoms with Gasteiger partial charge in [0.05, 0.1) is 11.7 Å². The Hall–Kier alpha value is -4.22. The van der Waals surface area contributed by atoms with Crippen molar-refractivity contribution in [1.29, 1.82) is 0 Å². The van der Waals surface area contributed by atoms with Crippen LogP contribution in [0.3, 0.4) is 0 Å². The molecule has 0 aliphatic heterocycles. The Morgan fingerprint density at radius 3 is 1.52 bits per heavy atom. The molecular weight excluding hydrogens is 687 g/mol. The molecule has 0 spiro atoms. The molecule has 2 atom stereocenters. The van der Waals surface area contributed by atoms with Crippen molar-refractivity contribution in [2.24, 2.45) is 11.8 Å². The van der Waals surface area contributed by atoms with Gasteiger partial charge in [0.15, 0.2) is 11.6 Å². The number of hydrogen-bond acceptors (Lipinski definition) is 3. The Bertz CT molecular complexity index is 2220. The van der Waals surface area contributed by atoms with Crippen molar-refractivity contribution >= 4 is 22.8 Å². The van der Waals surface area contributed by atoms with Crippen LogP contribution in [0.1, 0.15) is 114 Å². The molecule has 2 unspecified atom stereocenters. The molecule has 1 aliphatic carbocycles. The third kappa shape index (κ3) is 7.05. The molecular formula is C49H54F2N2S. The summed E-state index contributed by atoms with van der Waals surface area (Å²) in [6.07, 6.45) is 12.2. The molecule has 1 heterocycles. The Morgan fingerprint density at radius 2 is 1.00 bits per heavy atom. The summed E-state index contributed by atoms with van der Waals surface area (Å²) in [5, 5.41) is 0. The number of fused-ring (bicyclic) bond motifs is 4. The van der Waals surface area contributed by atoms with Gasteiger partial charge in [0.1, 0.15) is 11.0 Å². The highest BCUT2D eigenvalue weighted by atomic mass is 32.1. The maximum Gasteiger partial charge on any atom is 0.169 e. The van der Waals surface area contributed by atoms with E-state index in [1.807, 2.05) is 55.5 Å². The number of unbranched alkanes of at least 4 members (excludes halogenated alkanes) is 2. The summed E-state index contributed by atoms with van der Waals surface area (Å²) in [6, 6.07) is 29.5. The Kier molecular flexibility index (Phi) is 11.5. The van der Waals surface area contributed by atoms with Gasteiger partial charge in [-0.3, -0.25) is 0 Å². The SMILES string of the molecule is CCCCC(CC)CC1(CC(CC)CCCC)c2cc(C)ccc2-c2ccc(-c3ccc(-c4c(F)c(F)c(-c5ccc(C)cc5)c5nsnc45)cc3)cc21. The number of benzene rings is 5. The van der Waals surface area contributed by atoms with Crippen LogP contribution in [0.15, 0.2) is 84.9 Å². The van der Waals surface area contributed by atoms with E-state index in [1.165, 1.54) is 92.0 Å². The van der Waals surface area contributed by atoms with Crippen molar-refractivity contribution in [3.05, 3.63) is 119 Å². The second-order valence-electron chi connectivity index (χ2n) is 15.9. The normalized spacial score (nSPS) is 16.1. The van der Waals surface area contributed by atoms with Crippen molar-refractivity contribution in [2.45, 2.75) is 111 Å². The molecule has 1 aromatic heterocycles. The van der Waals surface area contributed by atoms with Gasteiger partial charge < -0.3 is 0 Å². The third-order valence-corrected chi connectivity index (χ3v) is 12.8. The number of aromatic nitrogens is 2. The quantitative estimate of drug-likeness (QED) is 0.105. The van der Waals surface area contributed by atoms with Gasteiger partial charge in [-0.1, -0.05) is 169 Å². The first kappa shape index (κ1) is 38.1. The van der Waals surface area contributed by atoms with Gasteiger partial charge in [-0.05, 0) is 89.1 Å². The summed E-state index contributed by atoms with van der Waals surface area (Å²) in [6.45, 7) is 13.6. The smallest absolute Gasteiger partial charge is 0.169 e. The minimum atomic E-state index is -0.893. The summed E-state index contributed by atoms with van der Waals surface area (Å²) >= 11 is 0.984. The molecule has 280 valence electrons. The van der Waals surface area contributed by atoms with Crippen molar-refractivity contribution in [2.75, 3.05) is 0 Å². The molecule has 0 N–H and O–H groups in total. The first-order chi connectivity index (χ1) is 26.2. The molecule has 5 aromatic carbocycles. The molecule has 1 aliphatic rings. The summed E-state index contributed by atoms with van der Waals surface area (Å²) in [5.74, 6) is -0.478. The van der Waals surface area contributed by atoms with Crippen LogP contribution in [-0.4, -0.2) is 8.75 Å². The number of rotatable bonds is 15. The van der Waals surface area contributed by atoms with Crippen LogP contribution in [-0.2, 0) is 5.41 Å². The molecule has 0 amide bonds. The van der Waals surface area contributed by atoms with Crippen LogP contribution in [0.5, 0.6) is 0 Å². The zero-order chi connectivity index (χ0) is 38.0. The lowest BCUT2D eigenvalue weighted by Gasteiger charge is -2.39. The third-order valence-electron chi connectivity index (χ3n) is 12.3. The highest BCUT2D eigenvalue weighted by Crippen LogP contribution is 2.57. The number of aryl methyl sites for hydroxylation is 2. The zero-order valence-corrected chi connectivity index (χ0v) is 33.7. The van der Waals surface area contributed by atoms with Gasteiger partial charge in [0.2, 0.25) is 0 Å². The Balaban J connectivity index is 1.32. The molecule has 2 nitrogen and oxygen atoms in total. The second-order valence-corrected chi connectivity index (χ2v) is 16.4. The summed E-state index contributed by atoms with van der Waals surface area (Å²) in [7, 11) is 0. The molecule has 0 radical (unpaired) electrons. The first-order valence-corrected chi connectivity index (χ1v) is 21.0. The standard InChI is InChI=1S/C49H54F2N2S/c1-7-11-13-33(9-3)29-49(30-34(10-4)14-12-8-2)41-27-32(6)17-25-39(41)40-26-24-38(28-42(40)49)35-20-22-37(23-21-35)44-46(51)45(50)43(47-48(44)53-54-52-47)36-18-15-31(5)16-19-36/h15-28,33-34H,7-14,29-30H2,1-6H3. The minimum absolute atomic E-state index is 0.0570. The van der Waals surface area contributed by atoms with Crippen molar-refractivity contribution in [3.63, 3.8) is 0 Å². The van der Waals surface area contributed by atoms with E-state index >= 15 is 8.78 Å². The molecule has 0 bridgehead atoms. The van der Waals surface area contributed by atoms with E-state index in [4.69, 9.17) is 0 Å². The lowest BCUT2D eigenvalue weighted by Crippen LogP contribution is -2.31. The largest absolute Gasteiger partial charge is 0.203 e. The van der Waals surface area contributed by atoms with Crippen LogP contribution in [0.4, 0.5) is 8.78 Å². The van der Waals surface area contributed by atoms with Crippen molar-refractivity contribution in [1.82, 2.24) is 8.75 Å². The van der Waals surface area contributed by atoms with E-state index < -0.39 is 11.6 Å². The predicted molar refractivity (Wildman–Crippen MR) is 225 cm³/mol. The maximum absolute atomic E-state index is 16.1. The lowest BCUT2D eigenvalue weighted by molar-refractivity contribution is 0.266. The van der Waals surface area contributed by atoms with E-state index in [-0.39, 0.29) is 16.5 Å². The molecule has 5 heteroatoms. The van der Waals surface area contributed by atoms with Gasteiger partial charge in [0, 0.05) is 16.5 Å². The molecule has 0 saturated heterocycles. The fourth-order valence-electron chi connectivity index (χ4n) is 9.20. The maximum atomic E-state index is 16.1. The second kappa shape index (κ2) is 16.3. The van der Waals surface area contributed by atoms with Crippen LogP contribution < -0.4 is 0 Å². The summed E-state index contributed by atoms with van der Waals surface area (Å²) in [5.41, 5.74) is 12.5. The van der Waals surface area contributed by atoms with Gasteiger partial charge in [-0.15, -0.1) is 0 Å². The number of nitrogens with zero attached hydrogens (tertiary/aromatic N) is 2. The molecule has 54 heavy (non-hydrogen) atoms. The highest BCUT2D eigenvalue weighted by molar-refractivity contribution is 7.00. The van der Waals surface area contributed by atoms with E-state index in [9.17, 15) is 0 Å². The van der Waals surface area contributed by atoms with E-state index in [0.717, 1.165) is 28.4 Å². The molecule has 6 aromatic rings. The number of halogens is 2. The fraction of sp³-hybridized carbons (Fsp3) is 0.388. The van der Waals surface area contributed by atoms with E-state index in [1.54, 1.807) is 0 Å².